The van der Waals surface area contributed by atoms with E-state index in [2.05, 4.69) is 27.5 Å². The molecule has 4 nitrogen and oxygen atoms in total. The van der Waals surface area contributed by atoms with E-state index in [1.54, 1.807) is 0 Å². The van der Waals surface area contributed by atoms with Crippen LogP contribution in [0.1, 0.15) is 32.6 Å². The molecular weight excluding hydrogens is 306 g/mol. The molecule has 1 fully saturated rings. The van der Waals surface area contributed by atoms with Gasteiger partial charge in [-0.3, -0.25) is 4.79 Å². The number of amides is 1. The van der Waals surface area contributed by atoms with Crippen LogP contribution >= 0.6 is 11.8 Å². The number of hydrogen-bond acceptors (Lipinski definition) is 3. The molecule has 0 spiro atoms. The molecule has 5 heteroatoms. The van der Waals surface area contributed by atoms with Crippen molar-refractivity contribution >= 4 is 28.7 Å². The van der Waals surface area contributed by atoms with Crippen molar-refractivity contribution in [2.24, 2.45) is 0 Å². The van der Waals surface area contributed by atoms with E-state index in [-0.39, 0.29) is 11.2 Å². The van der Waals surface area contributed by atoms with Gasteiger partial charge in [0.15, 0.2) is 5.16 Å². The minimum Gasteiger partial charge on any atom is -0.352 e. The predicted molar refractivity (Wildman–Crippen MR) is 95.6 cm³/mol. The molecule has 0 bridgehead atoms. The van der Waals surface area contributed by atoms with Gasteiger partial charge in [0, 0.05) is 12.6 Å². The number of thioether (sulfide) groups is 1. The Bertz CT molecular complexity index is 703. The van der Waals surface area contributed by atoms with E-state index in [1.807, 2.05) is 31.2 Å². The average Bonchev–Trinajstić information content (AvgIpc) is 3.16. The van der Waals surface area contributed by atoms with Crippen LogP contribution in [0.15, 0.2) is 42.1 Å². The lowest BCUT2D eigenvalue weighted by atomic mass is 10.2. The zero-order valence-corrected chi connectivity index (χ0v) is 14.3. The van der Waals surface area contributed by atoms with Crippen LogP contribution in [0, 0.1) is 0 Å². The minimum atomic E-state index is -0.157. The van der Waals surface area contributed by atoms with Gasteiger partial charge in [-0.25, -0.2) is 4.98 Å². The molecule has 1 aromatic carbocycles. The van der Waals surface area contributed by atoms with Crippen molar-refractivity contribution in [1.29, 1.82) is 0 Å². The number of allylic oxidation sites excluding steroid dienone is 1. The Morgan fingerprint density at radius 1 is 1.48 bits per heavy atom. The number of carbonyl (C=O) groups excluding carboxylic acids is 1. The van der Waals surface area contributed by atoms with Crippen molar-refractivity contribution in [2.45, 2.75) is 55.6 Å². The lowest BCUT2D eigenvalue weighted by molar-refractivity contribution is -0.120. The summed E-state index contributed by atoms with van der Waals surface area (Å²) in [6.07, 6.45) is 6.53. The highest BCUT2D eigenvalue weighted by atomic mass is 32.2. The lowest BCUT2D eigenvalue weighted by Gasteiger charge is -2.16. The van der Waals surface area contributed by atoms with Crippen LogP contribution in [0.5, 0.6) is 0 Å². The summed E-state index contributed by atoms with van der Waals surface area (Å²) in [5, 5.41) is 3.89. The van der Waals surface area contributed by atoms with Crippen LogP contribution < -0.4 is 5.32 Å². The summed E-state index contributed by atoms with van der Waals surface area (Å²) < 4.78 is 2.12. The van der Waals surface area contributed by atoms with Crippen LogP contribution in [0.2, 0.25) is 0 Å². The SMILES string of the molecule is C=CCn1c(SC(C)C(=O)NC2CCCC2)nc2ccccc21. The number of carbonyl (C=O) groups is 1. The molecule has 1 atom stereocenters. The minimum absolute atomic E-state index is 0.110. The number of hydrogen-bond donors (Lipinski definition) is 1. The van der Waals surface area contributed by atoms with Gasteiger partial charge in [-0.1, -0.05) is 42.8 Å². The standard InChI is InChI=1S/C18H23N3OS/c1-3-12-21-16-11-7-6-10-15(16)20-18(21)23-13(2)17(22)19-14-8-4-5-9-14/h3,6-7,10-11,13-14H,1,4-5,8-9,12H2,2H3,(H,19,22). The molecule has 1 heterocycles. The van der Waals surface area contributed by atoms with E-state index in [1.165, 1.54) is 24.6 Å². The first-order chi connectivity index (χ1) is 11.2. The fraction of sp³-hybridized carbons (Fsp3) is 0.444. The molecule has 1 unspecified atom stereocenters. The summed E-state index contributed by atoms with van der Waals surface area (Å²) in [5.74, 6) is 0.110. The Hall–Kier alpha value is -1.75. The normalized spacial score (nSPS) is 16.6. The smallest absolute Gasteiger partial charge is 0.233 e. The molecule has 23 heavy (non-hydrogen) atoms. The highest BCUT2D eigenvalue weighted by Crippen LogP contribution is 2.28. The van der Waals surface area contributed by atoms with Gasteiger partial charge < -0.3 is 9.88 Å². The van der Waals surface area contributed by atoms with Crippen LogP contribution in [-0.2, 0) is 11.3 Å². The number of rotatable bonds is 6. The van der Waals surface area contributed by atoms with Gasteiger partial charge >= 0.3 is 0 Å². The molecule has 1 aliphatic carbocycles. The van der Waals surface area contributed by atoms with Crippen molar-refractivity contribution in [3.8, 4) is 0 Å². The molecule has 0 saturated heterocycles. The molecule has 1 amide bonds. The first kappa shape index (κ1) is 16.1. The van der Waals surface area contributed by atoms with Crippen LogP contribution in [0.4, 0.5) is 0 Å². The Labute approximate surface area is 141 Å². The van der Waals surface area contributed by atoms with E-state index in [9.17, 15) is 4.79 Å². The van der Waals surface area contributed by atoms with E-state index in [4.69, 9.17) is 0 Å². The first-order valence-electron chi connectivity index (χ1n) is 8.22. The van der Waals surface area contributed by atoms with Gasteiger partial charge in [-0.05, 0) is 31.9 Å². The van der Waals surface area contributed by atoms with Crippen LogP contribution in [-0.4, -0.2) is 26.8 Å². The van der Waals surface area contributed by atoms with Gasteiger partial charge in [0.2, 0.25) is 5.91 Å². The van der Waals surface area contributed by atoms with Crippen molar-refractivity contribution in [1.82, 2.24) is 14.9 Å². The fourth-order valence-electron chi connectivity index (χ4n) is 3.05. The average molecular weight is 329 g/mol. The second-order valence-corrected chi connectivity index (χ2v) is 7.34. The van der Waals surface area contributed by atoms with Crippen molar-refractivity contribution in [3.05, 3.63) is 36.9 Å². The second-order valence-electron chi connectivity index (χ2n) is 6.03. The maximum atomic E-state index is 12.4. The molecule has 1 N–H and O–H groups in total. The van der Waals surface area contributed by atoms with E-state index >= 15 is 0 Å². The highest BCUT2D eigenvalue weighted by Gasteiger charge is 2.23. The maximum absolute atomic E-state index is 12.4. The third kappa shape index (κ3) is 3.61. The molecule has 1 saturated carbocycles. The van der Waals surface area contributed by atoms with E-state index < -0.39 is 0 Å². The van der Waals surface area contributed by atoms with Crippen molar-refractivity contribution in [3.63, 3.8) is 0 Å². The Morgan fingerprint density at radius 2 is 2.22 bits per heavy atom. The van der Waals surface area contributed by atoms with Gasteiger partial charge in [0.1, 0.15) is 0 Å². The molecule has 3 rings (SSSR count). The first-order valence-corrected chi connectivity index (χ1v) is 9.10. The van der Waals surface area contributed by atoms with Crippen LogP contribution in [0.3, 0.4) is 0 Å². The summed E-state index contributed by atoms with van der Waals surface area (Å²) in [6.45, 7) is 6.47. The number of aromatic nitrogens is 2. The van der Waals surface area contributed by atoms with Crippen LogP contribution in [0.25, 0.3) is 11.0 Å². The number of nitrogens with one attached hydrogen (secondary N) is 1. The highest BCUT2D eigenvalue weighted by molar-refractivity contribution is 8.00. The van der Waals surface area contributed by atoms with Crippen molar-refractivity contribution in [2.75, 3.05) is 0 Å². The third-order valence-electron chi connectivity index (χ3n) is 4.28. The quantitative estimate of drug-likeness (QED) is 0.648. The Morgan fingerprint density at radius 3 is 2.96 bits per heavy atom. The lowest BCUT2D eigenvalue weighted by Crippen LogP contribution is -2.37. The molecule has 1 aliphatic rings. The van der Waals surface area contributed by atoms with Gasteiger partial charge in [-0.15, -0.1) is 6.58 Å². The second kappa shape index (κ2) is 7.21. The van der Waals surface area contributed by atoms with E-state index in [0.29, 0.717) is 12.6 Å². The monoisotopic (exact) mass is 329 g/mol. The third-order valence-corrected chi connectivity index (χ3v) is 5.37. The molecule has 122 valence electrons. The maximum Gasteiger partial charge on any atom is 0.233 e. The number of para-hydroxylation sites is 2. The van der Waals surface area contributed by atoms with Crippen molar-refractivity contribution < 1.29 is 4.79 Å². The predicted octanol–water partition coefficient (Wildman–Crippen LogP) is 3.76. The number of imidazole rings is 1. The number of benzene rings is 1. The summed E-state index contributed by atoms with van der Waals surface area (Å²) in [7, 11) is 0. The summed E-state index contributed by atoms with van der Waals surface area (Å²) >= 11 is 1.52. The molecule has 0 radical (unpaired) electrons. The Kier molecular flexibility index (Phi) is 5.06. The molecule has 1 aromatic heterocycles. The summed E-state index contributed by atoms with van der Waals surface area (Å²) in [6, 6.07) is 8.41. The fourth-order valence-corrected chi connectivity index (χ4v) is 3.99. The molecule has 2 aromatic rings. The topological polar surface area (TPSA) is 46.9 Å². The molecular formula is C18H23N3OS. The van der Waals surface area contributed by atoms with Gasteiger partial charge in [0.25, 0.3) is 0 Å². The van der Waals surface area contributed by atoms with Gasteiger partial charge in [-0.2, -0.15) is 0 Å². The Balaban J connectivity index is 1.75. The molecule has 0 aliphatic heterocycles. The van der Waals surface area contributed by atoms with E-state index in [0.717, 1.165) is 29.0 Å². The number of nitrogens with zero attached hydrogens (tertiary/aromatic N) is 2. The van der Waals surface area contributed by atoms with Gasteiger partial charge in [0.05, 0.1) is 16.3 Å². The largest absolute Gasteiger partial charge is 0.352 e. The summed E-state index contributed by atoms with van der Waals surface area (Å²) in [4.78, 5) is 17.1. The summed E-state index contributed by atoms with van der Waals surface area (Å²) in [5.41, 5.74) is 2.04. The number of fused-ring (bicyclic) bond motifs is 1. The zero-order chi connectivity index (χ0) is 16.2. The zero-order valence-electron chi connectivity index (χ0n) is 13.5.